The molecule has 1 fully saturated rings. The molecule has 29 heavy (non-hydrogen) atoms. The van der Waals surface area contributed by atoms with E-state index >= 15 is 0 Å². The highest BCUT2D eigenvalue weighted by Crippen LogP contribution is 2.25. The van der Waals surface area contributed by atoms with Gasteiger partial charge in [0.15, 0.2) is 5.96 Å². The van der Waals surface area contributed by atoms with Crippen LogP contribution >= 0.6 is 47.2 Å². The van der Waals surface area contributed by atoms with Crippen molar-refractivity contribution in [3.63, 3.8) is 0 Å². The van der Waals surface area contributed by atoms with E-state index < -0.39 is 10.0 Å². The number of benzene rings is 1. The van der Waals surface area contributed by atoms with Crippen molar-refractivity contribution in [2.24, 2.45) is 12.0 Å². The number of sulfonamides is 1. The van der Waals surface area contributed by atoms with Gasteiger partial charge >= 0.3 is 0 Å². The Balaban J connectivity index is 0.00000300. The van der Waals surface area contributed by atoms with Crippen molar-refractivity contribution in [3.8, 4) is 0 Å². The largest absolute Gasteiger partial charge is 0.352 e. The molecule has 2 aromatic rings. The fourth-order valence-corrected chi connectivity index (χ4v) is 4.34. The molecule has 7 nitrogen and oxygen atoms in total. The molecule has 0 atom stereocenters. The first-order chi connectivity index (χ1) is 13.3. The molecule has 160 valence electrons. The van der Waals surface area contributed by atoms with Crippen LogP contribution in [0.4, 0.5) is 0 Å². The van der Waals surface area contributed by atoms with Gasteiger partial charge < -0.3 is 15.2 Å². The Labute approximate surface area is 198 Å². The summed E-state index contributed by atoms with van der Waals surface area (Å²) in [5.74, 6) is 0.612. The van der Waals surface area contributed by atoms with E-state index in [1.54, 1.807) is 41.9 Å². The third kappa shape index (κ3) is 6.48. The number of aromatic nitrogens is 1. The van der Waals surface area contributed by atoms with Crippen molar-refractivity contribution in [1.82, 2.24) is 19.9 Å². The summed E-state index contributed by atoms with van der Waals surface area (Å²) in [5.41, 5.74) is 1.87. The molecule has 3 rings (SSSR count). The molecule has 11 heteroatoms. The average Bonchev–Trinajstić information content (AvgIpc) is 3.45. The van der Waals surface area contributed by atoms with Crippen molar-refractivity contribution in [3.05, 3.63) is 51.8 Å². The molecule has 0 spiro atoms. The Morgan fingerprint density at radius 2 is 1.79 bits per heavy atom. The van der Waals surface area contributed by atoms with Crippen LogP contribution in [0, 0.1) is 0 Å². The summed E-state index contributed by atoms with van der Waals surface area (Å²) in [4.78, 5) is 4.47. The summed E-state index contributed by atoms with van der Waals surface area (Å²) in [7, 11) is 0.0974. The number of halogens is 3. The molecule has 0 aliphatic heterocycles. The zero-order valence-corrected chi connectivity index (χ0v) is 20.7. The van der Waals surface area contributed by atoms with Crippen LogP contribution in [0.25, 0.3) is 0 Å². The first-order valence-corrected chi connectivity index (χ1v) is 11.1. The van der Waals surface area contributed by atoms with Crippen molar-refractivity contribution in [1.29, 1.82) is 0 Å². The zero-order chi connectivity index (χ0) is 20.3. The van der Waals surface area contributed by atoms with Crippen molar-refractivity contribution in [2.45, 2.75) is 36.9 Å². The van der Waals surface area contributed by atoms with Gasteiger partial charge in [0.2, 0.25) is 10.0 Å². The van der Waals surface area contributed by atoms with Crippen LogP contribution in [0.3, 0.4) is 0 Å². The maximum Gasteiger partial charge on any atom is 0.240 e. The molecular formula is C18H24Cl2IN5O2S. The number of rotatable bonds is 7. The molecule has 3 N–H and O–H groups in total. The molecule has 1 heterocycles. The summed E-state index contributed by atoms with van der Waals surface area (Å²) >= 11 is 12.1. The molecule has 1 aliphatic rings. The van der Waals surface area contributed by atoms with Gasteiger partial charge in [-0.1, -0.05) is 35.3 Å². The Kier molecular flexibility index (Phi) is 8.65. The Hall–Kier alpha value is -1.01. The van der Waals surface area contributed by atoms with E-state index in [-0.39, 0.29) is 34.9 Å². The molecule has 0 saturated heterocycles. The molecule has 0 unspecified atom stereocenters. The van der Waals surface area contributed by atoms with Crippen molar-refractivity contribution >= 4 is 63.2 Å². The average molecular weight is 572 g/mol. The van der Waals surface area contributed by atoms with E-state index in [2.05, 4.69) is 20.3 Å². The lowest BCUT2D eigenvalue weighted by atomic mass is 10.2. The second-order valence-electron chi connectivity index (χ2n) is 6.65. The lowest BCUT2D eigenvalue weighted by molar-refractivity contribution is 0.581. The number of nitrogens with one attached hydrogen (secondary N) is 3. The van der Waals surface area contributed by atoms with Crippen LogP contribution in [-0.2, 0) is 30.2 Å². The maximum absolute atomic E-state index is 12.2. The van der Waals surface area contributed by atoms with Gasteiger partial charge in [0, 0.05) is 32.4 Å². The molecule has 1 aliphatic carbocycles. The monoisotopic (exact) mass is 571 g/mol. The first kappa shape index (κ1) is 24.3. The fraction of sp³-hybridized carbons (Fsp3) is 0.389. The predicted molar refractivity (Wildman–Crippen MR) is 128 cm³/mol. The van der Waals surface area contributed by atoms with Crippen molar-refractivity contribution in [2.75, 3.05) is 7.05 Å². The minimum atomic E-state index is -3.43. The molecular weight excluding hydrogens is 548 g/mol. The van der Waals surface area contributed by atoms with E-state index in [0.717, 1.165) is 24.1 Å². The zero-order valence-electron chi connectivity index (χ0n) is 16.1. The van der Waals surface area contributed by atoms with Crippen LogP contribution in [0.2, 0.25) is 10.2 Å². The molecule has 0 bridgehead atoms. The summed E-state index contributed by atoms with van der Waals surface area (Å²) < 4.78 is 28.9. The van der Waals surface area contributed by atoms with Crippen LogP contribution in [0.1, 0.15) is 24.1 Å². The summed E-state index contributed by atoms with van der Waals surface area (Å²) in [5, 5.41) is 7.39. The van der Waals surface area contributed by atoms with E-state index in [1.165, 1.54) is 0 Å². The van der Waals surface area contributed by atoms with Crippen LogP contribution < -0.4 is 15.4 Å². The van der Waals surface area contributed by atoms with Gasteiger partial charge in [0.1, 0.15) is 5.15 Å². The van der Waals surface area contributed by atoms with Gasteiger partial charge in [0.25, 0.3) is 0 Å². The third-order valence-corrected chi connectivity index (χ3v) is 6.85. The van der Waals surface area contributed by atoms with Gasteiger partial charge in [-0.15, -0.1) is 24.0 Å². The molecule has 1 aromatic carbocycles. The van der Waals surface area contributed by atoms with Crippen LogP contribution in [-0.4, -0.2) is 32.0 Å². The standard InChI is InChI=1S/C18H23Cl2N5O2S.HI/c1-21-18(23-11-14-9-16(19)17(20)25(14)2)22-10-12-3-7-15(8-4-12)28(26,27)24-13-5-6-13;/h3-4,7-9,13,24H,5-6,10-11H2,1-2H3,(H2,21,22,23);1H. The SMILES string of the molecule is CN=C(NCc1ccc(S(=O)(=O)NC2CC2)cc1)NCc1cc(Cl)c(Cl)n1C.I. The highest BCUT2D eigenvalue weighted by molar-refractivity contribution is 14.0. The van der Waals surface area contributed by atoms with Crippen LogP contribution in [0.15, 0.2) is 40.2 Å². The van der Waals surface area contributed by atoms with Gasteiger partial charge in [-0.05, 0) is 36.6 Å². The second-order valence-corrected chi connectivity index (χ2v) is 9.13. The first-order valence-electron chi connectivity index (χ1n) is 8.85. The number of hydrogen-bond donors (Lipinski definition) is 3. The summed E-state index contributed by atoms with van der Waals surface area (Å²) in [6, 6.07) is 8.71. The van der Waals surface area contributed by atoms with E-state index in [0.29, 0.717) is 29.2 Å². The van der Waals surface area contributed by atoms with E-state index in [4.69, 9.17) is 23.2 Å². The highest BCUT2D eigenvalue weighted by Gasteiger charge is 2.27. The third-order valence-electron chi connectivity index (χ3n) is 4.47. The molecule has 0 amide bonds. The fourth-order valence-electron chi connectivity index (χ4n) is 2.61. The Bertz CT molecular complexity index is 973. The van der Waals surface area contributed by atoms with Crippen molar-refractivity contribution < 1.29 is 8.42 Å². The molecule has 1 aromatic heterocycles. The van der Waals surface area contributed by atoms with Gasteiger partial charge in [0.05, 0.1) is 16.5 Å². The topological polar surface area (TPSA) is 87.5 Å². The van der Waals surface area contributed by atoms with E-state index in [1.807, 2.05) is 7.05 Å². The second kappa shape index (κ2) is 10.3. The lowest BCUT2D eigenvalue weighted by Gasteiger charge is -2.13. The lowest BCUT2D eigenvalue weighted by Crippen LogP contribution is -2.36. The Morgan fingerprint density at radius 1 is 1.17 bits per heavy atom. The predicted octanol–water partition coefficient (Wildman–Crippen LogP) is 3.26. The number of hydrogen-bond acceptors (Lipinski definition) is 3. The van der Waals surface area contributed by atoms with Gasteiger partial charge in [-0.2, -0.15) is 0 Å². The Morgan fingerprint density at radius 3 is 2.31 bits per heavy atom. The number of aliphatic imine (C=N–C) groups is 1. The van der Waals surface area contributed by atoms with Crippen LogP contribution in [0.5, 0.6) is 0 Å². The highest BCUT2D eigenvalue weighted by atomic mass is 127. The van der Waals surface area contributed by atoms with Gasteiger partial charge in [-0.25, -0.2) is 13.1 Å². The van der Waals surface area contributed by atoms with E-state index in [9.17, 15) is 8.42 Å². The summed E-state index contributed by atoms with van der Waals surface area (Å²) in [6.07, 6.45) is 1.82. The number of nitrogens with zero attached hydrogens (tertiary/aromatic N) is 2. The smallest absolute Gasteiger partial charge is 0.240 e. The van der Waals surface area contributed by atoms with Gasteiger partial charge in [-0.3, -0.25) is 4.99 Å². The number of guanidine groups is 1. The quantitative estimate of drug-likeness (QED) is 0.270. The normalized spacial score (nSPS) is 14.4. The summed E-state index contributed by atoms with van der Waals surface area (Å²) in [6.45, 7) is 1.01. The minimum Gasteiger partial charge on any atom is -0.352 e. The maximum atomic E-state index is 12.2. The molecule has 0 radical (unpaired) electrons. The molecule has 1 saturated carbocycles. The minimum absolute atomic E-state index is 0.